The van der Waals surface area contributed by atoms with Gasteiger partial charge in [0.1, 0.15) is 0 Å². The van der Waals surface area contributed by atoms with Crippen molar-refractivity contribution in [1.82, 2.24) is 5.32 Å². The molecular formula is C8H17N. The van der Waals surface area contributed by atoms with E-state index >= 15 is 0 Å². The first-order chi connectivity index (χ1) is 4.35. The lowest BCUT2D eigenvalue weighted by Crippen LogP contribution is -2.04. The van der Waals surface area contributed by atoms with E-state index in [0.717, 1.165) is 0 Å². The van der Waals surface area contributed by atoms with Gasteiger partial charge in [-0.3, -0.25) is 0 Å². The average Bonchev–Trinajstić information content (AvgIpc) is 1.91. The van der Waals surface area contributed by atoms with E-state index in [-0.39, 0.29) is 0 Å². The Morgan fingerprint density at radius 3 is 2.56 bits per heavy atom. The summed E-state index contributed by atoms with van der Waals surface area (Å²) >= 11 is 0. The molecule has 0 fully saturated rings. The van der Waals surface area contributed by atoms with E-state index in [1.54, 1.807) is 0 Å². The van der Waals surface area contributed by atoms with Gasteiger partial charge in [0, 0.05) is 12.7 Å². The Kier molecular flexibility index (Phi) is 5.38. The molecule has 0 saturated heterocycles. The Morgan fingerprint density at radius 2 is 2.22 bits per heavy atom. The highest BCUT2D eigenvalue weighted by atomic mass is 14.8. The molecule has 0 amide bonds. The second kappa shape index (κ2) is 5.67. The standard InChI is InChI=1S/C8H17N/c1-4-6-7-8(5-2)9-3/h5,9H,4,6-7H2,1-3H3/b8-5+. The summed E-state index contributed by atoms with van der Waals surface area (Å²) in [5.74, 6) is 0. The van der Waals surface area contributed by atoms with Crippen LogP contribution in [0.2, 0.25) is 0 Å². The Labute approximate surface area is 58.2 Å². The molecule has 0 aliphatic heterocycles. The van der Waals surface area contributed by atoms with Gasteiger partial charge in [-0.05, 0) is 19.8 Å². The van der Waals surface area contributed by atoms with Crippen molar-refractivity contribution in [3.8, 4) is 0 Å². The summed E-state index contributed by atoms with van der Waals surface area (Å²) in [4.78, 5) is 0. The number of hydrogen-bond acceptors (Lipinski definition) is 1. The first-order valence-corrected chi connectivity index (χ1v) is 3.68. The molecule has 0 saturated carbocycles. The van der Waals surface area contributed by atoms with Crippen molar-refractivity contribution in [2.24, 2.45) is 0 Å². The van der Waals surface area contributed by atoms with Gasteiger partial charge in [0.15, 0.2) is 0 Å². The van der Waals surface area contributed by atoms with Crippen molar-refractivity contribution in [3.63, 3.8) is 0 Å². The molecule has 0 rings (SSSR count). The van der Waals surface area contributed by atoms with E-state index in [9.17, 15) is 0 Å². The molecular weight excluding hydrogens is 110 g/mol. The lowest BCUT2D eigenvalue weighted by Gasteiger charge is -2.02. The minimum atomic E-state index is 1.20. The molecule has 0 unspecified atom stereocenters. The van der Waals surface area contributed by atoms with E-state index < -0.39 is 0 Å². The fourth-order valence-electron chi connectivity index (χ4n) is 0.781. The number of nitrogens with one attached hydrogen (secondary N) is 1. The van der Waals surface area contributed by atoms with E-state index in [4.69, 9.17) is 0 Å². The van der Waals surface area contributed by atoms with Crippen molar-refractivity contribution in [2.45, 2.75) is 33.1 Å². The molecule has 0 radical (unpaired) electrons. The molecule has 1 nitrogen and oxygen atoms in total. The predicted molar refractivity (Wildman–Crippen MR) is 42.3 cm³/mol. The van der Waals surface area contributed by atoms with Crippen LogP contribution in [0, 0.1) is 0 Å². The summed E-state index contributed by atoms with van der Waals surface area (Å²) < 4.78 is 0. The summed E-state index contributed by atoms with van der Waals surface area (Å²) in [7, 11) is 1.98. The molecule has 0 atom stereocenters. The molecule has 0 bridgehead atoms. The van der Waals surface area contributed by atoms with E-state index in [2.05, 4.69) is 25.2 Å². The average molecular weight is 127 g/mol. The van der Waals surface area contributed by atoms with E-state index in [0.29, 0.717) is 0 Å². The van der Waals surface area contributed by atoms with E-state index in [1.807, 2.05) is 7.05 Å². The lowest BCUT2D eigenvalue weighted by molar-refractivity contribution is 0.743. The van der Waals surface area contributed by atoms with Gasteiger partial charge >= 0.3 is 0 Å². The summed E-state index contributed by atoms with van der Waals surface area (Å²) in [5, 5.41) is 3.15. The Bertz CT molecular complexity index is 84.6. The Balaban J connectivity index is 3.33. The highest BCUT2D eigenvalue weighted by molar-refractivity contribution is 4.95. The highest BCUT2D eigenvalue weighted by Crippen LogP contribution is 2.01. The largest absolute Gasteiger partial charge is 0.392 e. The third-order valence-electron chi connectivity index (χ3n) is 1.47. The zero-order valence-electron chi connectivity index (χ0n) is 6.70. The van der Waals surface area contributed by atoms with Gasteiger partial charge in [0.2, 0.25) is 0 Å². The first kappa shape index (κ1) is 8.54. The fourth-order valence-corrected chi connectivity index (χ4v) is 0.781. The zero-order valence-corrected chi connectivity index (χ0v) is 6.70. The maximum absolute atomic E-state index is 3.15. The zero-order chi connectivity index (χ0) is 7.11. The van der Waals surface area contributed by atoms with Gasteiger partial charge in [-0.2, -0.15) is 0 Å². The summed E-state index contributed by atoms with van der Waals surface area (Å²) in [6, 6.07) is 0. The normalized spacial score (nSPS) is 11.7. The second-order valence-corrected chi connectivity index (χ2v) is 2.17. The first-order valence-electron chi connectivity index (χ1n) is 3.68. The summed E-state index contributed by atoms with van der Waals surface area (Å²) in [6.07, 6.45) is 5.90. The quantitative estimate of drug-likeness (QED) is 0.611. The van der Waals surface area contributed by atoms with Gasteiger partial charge in [-0.1, -0.05) is 19.4 Å². The maximum atomic E-state index is 3.15. The van der Waals surface area contributed by atoms with Crippen molar-refractivity contribution >= 4 is 0 Å². The molecule has 0 aromatic carbocycles. The van der Waals surface area contributed by atoms with Crippen LogP contribution in [-0.2, 0) is 0 Å². The lowest BCUT2D eigenvalue weighted by atomic mass is 10.2. The Morgan fingerprint density at radius 1 is 1.56 bits per heavy atom. The van der Waals surface area contributed by atoms with Gasteiger partial charge in [0.25, 0.3) is 0 Å². The van der Waals surface area contributed by atoms with Gasteiger partial charge in [-0.25, -0.2) is 0 Å². The highest BCUT2D eigenvalue weighted by Gasteiger charge is 1.88. The molecule has 54 valence electrons. The molecule has 1 heteroatoms. The molecule has 1 N–H and O–H groups in total. The number of hydrogen-bond donors (Lipinski definition) is 1. The molecule has 0 aromatic rings. The summed E-state index contributed by atoms with van der Waals surface area (Å²) in [5.41, 5.74) is 1.36. The molecule has 0 aliphatic rings. The monoisotopic (exact) mass is 127 g/mol. The maximum Gasteiger partial charge on any atom is 0.00607 e. The van der Waals surface area contributed by atoms with Gasteiger partial charge in [-0.15, -0.1) is 0 Å². The molecule has 9 heavy (non-hydrogen) atoms. The minimum absolute atomic E-state index is 1.20. The van der Waals surface area contributed by atoms with Gasteiger partial charge in [0.05, 0.1) is 0 Å². The third kappa shape index (κ3) is 4.07. The fraction of sp³-hybridized carbons (Fsp3) is 0.750. The van der Waals surface area contributed by atoms with Crippen LogP contribution < -0.4 is 5.32 Å². The van der Waals surface area contributed by atoms with Crippen molar-refractivity contribution in [1.29, 1.82) is 0 Å². The van der Waals surface area contributed by atoms with E-state index in [1.165, 1.54) is 25.0 Å². The van der Waals surface area contributed by atoms with Crippen LogP contribution in [0.3, 0.4) is 0 Å². The summed E-state index contributed by atoms with van der Waals surface area (Å²) in [6.45, 7) is 4.28. The van der Waals surface area contributed by atoms with Crippen molar-refractivity contribution in [2.75, 3.05) is 7.05 Å². The predicted octanol–water partition coefficient (Wildman–Crippen LogP) is 2.30. The number of allylic oxidation sites excluding steroid dienone is 2. The van der Waals surface area contributed by atoms with Crippen LogP contribution in [0.15, 0.2) is 11.8 Å². The van der Waals surface area contributed by atoms with Crippen LogP contribution >= 0.6 is 0 Å². The minimum Gasteiger partial charge on any atom is -0.392 e. The van der Waals surface area contributed by atoms with Crippen molar-refractivity contribution in [3.05, 3.63) is 11.8 Å². The topological polar surface area (TPSA) is 12.0 Å². The third-order valence-corrected chi connectivity index (χ3v) is 1.47. The number of unbranched alkanes of at least 4 members (excludes halogenated alkanes) is 1. The smallest absolute Gasteiger partial charge is 0.00607 e. The van der Waals surface area contributed by atoms with Crippen molar-refractivity contribution < 1.29 is 0 Å². The number of rotatable bonds is 4. The molecule has 0 aliphatic carbocycles. The van der Waals surface area contributed by atoms with Crippen LogP contribution in [-0.4, -0.2) is 7.05 Å². The molecule has 0 heterocycles. The SMILES string of the molecule is C/C=C(\CCCC)NC. The van der Waals surface area contributed by atoms with Crippen LogP contribution in [0.4, 0.5) is 0 Å². The molecule has 0 aromatic heterocycles. The Hall–Kier alpha value is -0.460. The van der Waals surface area contributed by atoms with Crippen LogP contribution in [0.5, 0.6) is 0 Å². The van der Waals surface area contributed by atoms with Crippen LogP contribution in [0.25, 0.3) is 0 Å². The molecule has 0 spiro atoms. The second-order valence-electron chi connectivity index (χ2n) is 2.17. The van der Waals surface area contributed by atoms with Crippen LogP contribution in [0.1, 0.15) is 33.1 Å². The van der Waals surface area contributed by atoms with Gasteiger partial charge < -0.3 is 5.32 Å².